The zero-order chi connectivity index (χ0) is 19.0. The summed E-state index contributed by atoms with van der Waals surface area (Å²) in [4.78, 5) is 15.8. The van der Waals surface area contributed by atoms with Crippen LogP contribution in [0.5, 0.6) is 11.5 Å². The maximum atomic E-state index is 12.8. The van der Waals surface area contributed by atoms with Gasteiger partial charge in [-0.15, -0.1) is 0 Å². The number of ether oxygens (including phenoxy) is 1. The van der Waals surface area contributed by atoms with Gasteiger partial charge in [0.15, 0.2) is 11.5 Å². The highest BCUT2D eigenvalue weighted by Gasteiger charge is 2.33. The Morgan fingerprint density at radius 1 is 1.15 bits per heavy atom. The largest absolute Gasteiger partial charge is 0.507 e. The number of aromatic hydroxyl groups is 1. The van der Waals surface area contributed by atoms with Gasteiger partial charge in [-0.3, -0.25) is 4.79 Å². The van der Waals surface area contributed by atoms with Gasteiger partial charge in [0.25, 0.3) is 0 Å². The van der Waals surface area contributed by atoms with E-state index in [1.807, 2.05) is 31.2 Å². The second-order valence-electron chi connectivity index (χ2n) is 7.68. The van der Waals surface area contributed by atoms with Gasteiger partial charge in [0, 0.05) is 0 Å². The highest BCUT2D eigenvalue weighted by atomic mass is 16.5. The molecule has 2 heterocycles. The zero-order valence-corrected chi connectivity index (χ0v) is 15.8. The van der Waals surface area contributed by atoms with Crippen molar-refractivity contribution in [3.05, 3.63) is 64.4 Å². The van der Waals surface area contributed by atoms with Crippen LogP contribution in [0, 0.1) is 6.92 Å². The lowest BCUT2D eigenvalue weighted by molar-refractivity contribution is -1.01. The number of phenols is 1. The van der Waals surface area contributed by atoms with Crippen molar-refractivity contribution in [2.45, 2.75) is 13.5 Å². The first-order valence-corrected chi connectivity index (χ1v) is 9.52. The fourth-order valence-electron chi connectivity index (χ4n) is 3.84. The van der Waals surface area contributed by atoms with Gasteiger partial charge in [-0.05, 0) is 30.7 Å². The van der Waals surface area contributed by atoms with E-state index in [0.29, 0.717) is 23.6 Å². The lowest BCUT2D eigenvalue weighted by atomic mass is 10.0. The lowest BCUT2D eigenvalue weighted by Gasteiger charge is -2.27. The molecule has 4 rings (SSSR count). The SMILES string of the molecule is Cc1cccc(/C=C2\Oc3c(ccc(O)c3C[NH+]3CC[NH+](C)CC3)C2=O)c1. The van der Waals surface area contributed by atoms with Crippen molar-refractivity contribution in [1.82, 2.24) is 0 Å². The quantitative estimate of drug-likeness (QED) is 0.682. The van der Waals surface area contributed by atoms with Crippen LogP contribution >= 0.6 is 0 Å². The second kappa shape index (κ2) is 7.18. The summed E-state index contributed by atoms with van der Waals surface area (Å²) in [6.07, 6.45) is 1.78. The number of hydrogen-bond donors (Lipinski definition) is 3. The van der Waals surface area contributed by atoms with Gasteiger partial charge in [-0.25, -0.2) is 0 Å². The van der Waals surface area contributed by atoms with E-state index >= 15 is 0 Å². The van der Waals surface area contributed by atoms with Crippen LogP contribution in [0.15, 0.2) is 42.2 Å². The van der Waals surface area contributed by atoms with Crippen LogP contribution in [0.2, 0.25) is 0 Å². The molecule has 0 radical (unpaired) electrons. The lowest BCUT2D eigenvalue weighted by Crippen LogP contribution is -3.26. The summed E-state index contributed by atoms with van der Waals surface area (Å²) in [5.41, 5.74) is 3.35. The van der Waals surface area contributed by atoms with Crippen molar-refractivity contribution >= 4 is 11.9 Å². The predicted octanol–water partition coefficient (Wildman–Crippen LogP) is 0.230. The predicted molar refractivity (Wildman–Crippen MR) is 103 cm³/mol. The van der Waals surface area contributed by atoms with Crippen molar-refractivity contribution in [1.29, 1.82) is 0 Å². The number of aryl methyl sites for hydroxylation is 1. The van der Waals surface area contributed by atoms with Crippen molar-refractivity contribution < 1.29 is 24.4 Å². The summed E-state index contributed by atoms with van der Waals surface area (Å²) >= 11 is 0. The fraction of sp³-hybridized carbons (Fsp3) is 0.318. The number of quaternary nitrogens is 2. The molecule has 3 N–H and O–H groups in total. The number of piperazine rings is 1. The van der Waals surface area contributed by atoms with Crippen molar-refractivity contribution in [2.75, 3.05) is 33.2 Å². The highest BCUT2D eigenvalue weighted by Crippen LogP contribution is 2.39. The van der Waals surface area contributed by atoms with E-state index in [1.54, 1.807) is 18.2 Å². The molecule has 2 aliphatic rings. The minimum atomic E-state index is -0.120. The van der Waals surface area contributed by atoms with Gasteiger partial charge in [0.2, 0.25) is 5.78 Å². The molecule has 5 nitrogen and oxygen atoms in total. The first kappa shape index (κ1) is 17.8. The van der Waals surface area contributed by atoms with Gasteiger partial charge < -0.3 is 19.6 Å². The molecule has 5 heteroatoms. The normalized spacial score (nSPS) is 23.3. The van der Waals surface area contributed by atoms with Crippen LogP contribution in [-0.4, -0.2) is 44.1 Å². The summed E-state index contributed by atoms with van der Waals surface area (Å²) in [6.45, 7) is 7.02. The number of ketones is 1. The number of hydrogen-bond acceptors (Lipinski definition) is 3. The summed E-state index contributed by atoms with van der Waals surface area (Å²) in [5.74, 6) is 0.931. The molecule has 2 aromatic carbocycles. The second-order valence-corrected chi connectivity index (χ2v) is 7.68. The van der Waals surface area contributed by atoms with Gasteiger partial charge >= 0.3 is 0 Å². The smallest absolute Gasteiger partial charge is 0.231 e. The van der Waals surface area contributed by atoms with Crippen LogP contribution in [0.25, 0.3) is 6.08 Å². The molecule has 1 saturated heterocycles. The number of benzene rings is 2. The fourth-order valence-corrected chi connectivity index (χ4v) is 3.84. The molecule has 0 saturated carbocycles. The van der Waals surface area contributed by atoms with Crippen molar-refractivity contribution in [2.24, 2.45) is 0 Å². The molecule has 2 aromatic rings. The topological polar surface area (TPSA) is 55.4 Å². The molecule has 1 fully saturated rings. The molecular weight excluding hydrogens is 340 g/mol. The van der Waals surface area contributed by atoms with Crippen LogP contribution in [0.4, 0.5) is 0 Å². The van der Waals surface area contributed by atoms with Gasteiger partial charge in [0.1, 0.15) is 38.5 Å². The van der Waals surface area contributed by atoms with E-state index in [1.165, 1.54) is 9.80 Å². The zero-order valence-electron chi connectivity index (χ0n) is 15.8. The number of fused-ring (bicyclic) bond motifs is 1. The number of carbonyl (C=O) groups excluding carboxylic acids is 1. The van der Waals surface area contributed by atoms with E-state index < -0.39 is 0 Å². The number of phenolic OH excluding ortho intramolecular Hbond substituents is 1. The Balaban J connectivity index is 1.63. The summed E-state index contributed by atoms with van der Waals surface area (Å²) in [5, 5.41) is 10.4. The molecule has 27 heavy (non-hydrogen) atoms. The monoisotopic (exact) mass is 366 g/mol. The van der Waals surface area contributed by atoms with Crippen LogP contribution in [0.3, 0.4) is 0 Å². The average Bonchev–Trinajstić information content (AvgIpc) is 2.95. The van der Waals surface area contributed by atoms with E-state index in [2.05, 4.69) is 7.05 Å². The Kier molecular flexibility index (Phi) is 4.72. The Morgan fingerprint density at radius 2 is 1.93 bits per heavy atom. The summed E-state index contributed by atoms with van der Waals surface area (Å²) in [7, 11) is 2.21. The maximum absolute atomic E-state index is 12.8. The third-order valence-corrected chi connectivity index (χ3v) is 5.49. The number of allylic oxidation sites excluding steroid dienone is 1. The molecule has 0 aromatic heterocycles. The van der Waals surface area contributed by atoms with E-state index in [9.17, 15) is 9.90 Å². The van der Waals surface area contributed by atoms with Crippen LogP contribution in [-0.2, 0) is 6.54 Å². The van der Waals surface area contributed by atoms with E-state index in [-0.39, 0.29) is 11.5 Å². The average molecular weight is 366 g/mol. The number of Topliss-reactive ketones (excluding diaryl/α,β-unsaturated/α-hetero) is 1. The van der Waals surface area contributed by atoms with Gasteiger partial charge in [0.05, 0.1) is 18.2 Å². The van der Waals surface area contributed by atoms with Gasteiger partial charge in [-0.2, -0.15) is 0 Å². The summed E-state index contributed by atoms with van der Waals surface area (Å²) in [6, 6.07) is 11.2. The Hall–Kier alpha value is -2.63. The summed E-state index contributed by atoms with van der Waals surface area (Å²) < 4.78 is 5.97. The maximum Gasteiger partial charge on any atom is 0.231 e. The molecular formula is C22H26N2O3+2. The third kappa shape index (κ3) is 3.61. The molecule has 0 amide bonds. The molecule has 0 aliphatic carbocycles. The Labute approximate surface area is 159 Å². The van der Waals surface area contributed by atoms with Crippen molar-refractivity contribution in [3.63, 3.8) is 0 Å². The standard InChI is InChI=1S/C22H24N2O3/c1-15-4-3-5-16(12-15)13-20-21(26)17-6-7-19(25)18(22(17)27-20)14-24-10-8-23(2)9-11-24/h3-7,12-13,25H,8-11,14H2,1-2H3/p+2/b20-13-. The molecule has 140 valence electrons. The number of carbonyl (C=O) groups is 1. The van der Waals surface area contributed by atoms with Crippen molar-refractivity contribution in [3.8, 4) is 11.5 Å². The number of rotatable bonds is 3. The first-order valence-electron chi connectivity index (χ1n) is 9.52. The molecule has 0 unspecified atom stereocenters. The Bertz CT molecular complexity index is 912. The van der Waals surface area contributed by atoms with Crippen LogP contribution < -0.4 is 14.5 Å². The highest BCUT2D eigenvalue weighted by molar-refractivity contribution is 6.14. The Morgan fingerprint density at radius 3 is 2.67 bits per heavy atom. The molecule has 0 spiro atoms. The van der Waals surface area contributed by atoms with E-state index in [0.717, 1.165) is 42.9 Å². The minimum absolute atomic E-state index is 0.120. The first-order chi connectivity index (χ1) is 13.0. The van der Waals surface area contributed by atoms with E-state index in [4.69, 9.17) is 4.74 Å². The number of nitrogens with one attached hydrogen (secondary N) is 2. The van der Waals surface area contributed by atoms with Gasteiger partial charge in [-0.1, -0.05) is 29.8 Å². The molecule has 2 aliphatic heterocycles. The molecule has 0 atom stereocenters. The number of likely N-dealkylation sites (N-methyl/N-ethyl adjacent to an activating group) is 1. The minimum Gasteiger partial charge on any atom is -0.507 e. The molecule has 0 bridgehead atoms. The van der Waals surface area contributed by atoms with Crippen LogP contribution in [0.1, 0.15) is 27.0 Å². The third-order valence-electron chi connectivity index (χ3n) is 5.49.